The molecule has 0 spiro atoms. The number of carbonyl (C=O) groups is 1. The van der Waals surface area contributed by atoms with E-state index in [4.69, 9.17) is 5.73 Å². The van der Waals surface area contributed by atoms with Gasteiger partial charge < -0.3 is 10.6 Å². The van der Waals surface area contributed by atoms with Crippen molar-refractivity contribution in [2.75, 3.05) is 13.1 Å². The van der Waals surface area contributed by atoms with E-state index in [9.17, 15) is 4.79 Å². The van der Waals surface area contributed by atoms with Crippen LogP contribution in [-0.2, 0) is 0 Å². The Morgan fingerprint density at radius 3 is 2.89 bits per heavy atom. The van der Waals surface area contributed by atoms with Crippen molar-refractivity contribution in [2.45, 2.75) is 38.6 Å². The van der Waals surface area contributed by atoms with Crippen molar-refractivity contribution < 1.29 is 4.79 Å². The molecule has 1 heterocycles. The van der Waals surface area contributed by atoms with E-state index in [0.29, 0.717) is 12.6 Å². The third-order valence-electron chi connectivity index (χ3n) is 3.52. The van der Waals surface area contributed by atoms with Gasteiger partial charge in [0.15, 0.2) is 0 Å². The maximum Gasteiger partial charge on any atom is 0.254 e. The van der Waals surface area contributed by atoms with E-state index in [1.165, 1.54) is 6.42 Å². The summed E-state index contributed by atoms with van der Waals surface area (Å²) in [6.45, 7) is 3.30. The van der Waals surface area contributed by atoms with Crippen molar-refractivity contribution in [3.63, 3.8) is 0 Å². The fraction of sp³-hybridized carbons (Fsp3) is 0.571. The molecule has 1 amide bonds. The molecule has 1 aromatic rings. The van der Waals surface area contributed by atoms with Crippen molar-refractivity contribution in [3.05, 3.63) is 29.6 Å². The molecule has 18 heavy (non-hydrogen) atoms. The summed E-state index contributed by atoms with van der Waals surface area (Å²) in [4.78, 5) is 18.6. The standard InChI is InChI=1S/C14H21N3O/c1-11-10-12(6-8-16-11)14(18)17(9-3-7-15)13-4-2-5-13/h6,8,10,13H,2-5,7,9,15H2,1H3. The minimum absolute atomic E-state index is 0.124. The van der Waals surface area contributed by atoms with E-state index in [2.05, 4.69) is 4.98 Å². The van der Waals surface area contributed by atoms with Gasteiger partial charge in [-0.3, -0.25) is 9.78 Å². The van der Waals surface area contributed by atoms with Gasteiger partial charge in [-0.05, 0) is 51.3 Å². The molecule has 1 saturated carbocycles. The molecule has 0 aromatic carbocycles. The third-order valence-corrected chi connectivity index (χ3v) is 3.52. The largest absolute Gasteiger partial charge is 0.336 e. The van der Waals surface area contributed by atoms with E-state index in [0.717, 1.165) is 37.1 Å². The average Bonchev–Trinajstić information content (AvgIpc) is 2.31. The number of pyridine rings is 1. The summed E-state index contributed by atoms with van der Waals surface area (Å²) in [6.07, 6.45) is 6.05. The number of carbonyl (C=O) groups excluding carboxylic acids is 1. The summed E-state index contributed by atoms with van der Waals surface area (Å²) in [5.74, 6) is 0.124. The first-order valence-electron chi connectivity index (χ1n) is 6.66. The van der Waals surface area contributed by atoms with Crippen molar-refractivity contribution >= 4 is 5.91 Å². The normalized spacial score (nSPS) is 15.2. The first kappa shape index (κ1) is 13.0. The molecule has 4 nitrogen and oxygen atoms in total. The highest BCUT2D eigenvalue weighted by molar-refractivity contribution is 5.94. The Kier molecular flexibility index (Phi) is 4.31. The lowest BCUT2D eigenvalue weighted by Crippen LogP contribution is -2.45. The molecule has 0 aliphatic heterocycles. The summed E-state index contributed by atoms with van der Waals surface area (Å²) >= 11 is 0. The maximum atomic E-state index is 12.5. The molecular formula is C14H21N3O. The molecule has 1 aliphatic rings. The molecule has 0 bridgehead atoms. The zero-order valence-electron chi connectivity index (χ0n) is 10.9. The van der Waals surface area contributed by atoms with Gasteiger partial charge in [0, 0.05) is 30.0 Å². The minimum Gasteiger partial charge on any atom is -0.336 e. The van der Waals surface area contributed by atoms with Crippen molar-refractivity contribution in [2.24, 2.45) is 5.73 Å². The van der Waals surface area contributed by atoms with Crippen LogP contribution in [0.4, 0.5) is 0 Å². The van der Waals surface area contributed by atoms with E-state index < -0.39 is 0 Å². The number of hydrogen-bond acceptors (Lipinski definition) is 3. The first-order chi connectivity index (χ1) is 8.72. The lowest BCUT2D eigenvalue weighted by atomic mass is 9.90. The fourth-order valence-electron chi connectivity index (χ4n) is 2.25. The molecule has 1 aromatic heterocycles. The molecule has 2 rings (SSSR count). The van der Waals surface area contributed by atoms with Gasteiger partial charge in [0.05, 0.1) is 0 Å². The van der Waals surface area contributed by atoms with Gasteiger partial charge in [-0.2, -0.15) is 0 Å². The van der Waals surface area contributed by atoms with Crippen LogP contribution in [0.25, 0.3) is 0 Å². The summed E-state index contributed by atoms with van der Waals surface area (Å²) in [6, 6.07) is 4.07. The van der Waals surface area contributed by atoms with Gasteiger partial charge in [0.1, 0.15) is 0 Å². The second kappa shape index (κ2) is 5.96. The molecule has 0 unspecified atom stereocenters. The summed E-state index contributed by atoms with van der Waals surface area (Å²) < 4.78 is 0. The van der Waals surface area contributed by atoms with Crippen molar-refractivity contribution in [1.29, 1.82) is 0 Å². The van der Waals surface area contributed by atoms with Crippen LogP contribution in [0.15, 0.2) is 18.3 Å². The molecular weight excluding hydrogens is 226 g/mol. The number of rotatable bonds is 5. The van der Waals surface area contributed by atoms with E-state index in [-0.39, 0.29) is 5.91 Å². The number of amides is 1. The smallest absolute Gasteiger partial charge is 0.254 e. The maximum absolute atomic E-state index is 12.5. The van der Waals surface area contributed by atoms with Gasteiger partial charge in [-0.1, -0.05) is 0 Å². The average molecular weight is 247 g/mol. The molecule has 1 aliphatic carbocycles. The lowest BCUT2D eigenvalue weighted by molar-refractivity contribution is 0.0578. The number of aryl methyl sites for hydroxylation is 1. The van der Waals surface area contributed by atoms with E-state index in [1.54, 1.807) is 12.3 Å². The van der Waals surface area contributed by atoms with Gasteiger partial charge >= 0.3 is 0 Å². The van der Waals surface area contributed by atoms with E-state index in [1.807, 2.05) is 17.9 Å². The zero-order valence-corrected chi connectivity index (χ0v) is 10.9. The van der Waals surface area contributed by atoms with Crippen molar-refractivity contribution in [1.82, 2.24) is 9.88 Å². The quantitative estimate of drug-likeness (QED) is 0.862. The SMILES string of the molecule is Cc1cc(C(=O)N(CCCN)C2CCC2)ccn1. The molecule has 0 atom stereocenters. The lowest BCUT2D eigenvalue weighted by Gasteiger charge is -2.37. The summed E-state index contributed by atoms with van der Waals surface area (Å²) in [7, 11) is 0. The van der Waals surface area contributed by atoms with Gasteiger partial charge in [-0.15, -0.1) is 0 Å². The third kappa shape index (κ3) is 2.88. The zero-order chi connectivity index (χ0) is 13.0. The Morgan fingerprint density at radius 1 is 1.56 bits per heavy atom. The van der Waals surface area contributed by atoms with Gasteiger partial charge in [0.25, 0.3) is 5.91 Å². The van der Waals surface area contributed by atoms with Crippen LogP contribution in [0.5, 0.6) is 0 Å². The number of hydrogen-bond donors (Lipinski definition) is 1. The minimum atomic E-state index is 0.124. The Morgan fingerprint density at radius 2 is 2.33 bits per heavy atom. The summed E-state index contributed by atoms with van der Waals surface area (Å²) in [5.41, 5.74) is 7.18. The first-order valence-corrected chi connectivity index (χ1v) is 6.66. The fourth-order valence-corrected chi connectivity index (χ4v) is 2.25. The highest BCUT2D eigenvalue weighted by atomic mass is 16.2. The Labute approximate surface area is 108 Å². The molecule has 98 valence electrons. The molecule has 0 radical (unpaired) electrons. The predicted octanol–water partition coefficient (Wildman–Crippen LogP) is 1.73. The van der Waals surface area contributed by atoms with Gasteiger partial charge in [0.2, 0.25) is 0 Å². The van der Waals surface area contributed by atoms with Crippen LogP contribution in [0.1, 0.15) is 41.7 Å². The van der Waals surface area contributed by atoms with Crippen LogP contribution in [0.2, 0.25) is 0 Å². The van der Waals surface area contributed by atoms with Crippen molar-refractivity contribution in [3.8, 4) is 0 Å². The molecule has 4 heteroatoms. The number of nitrogens with zero attached hydrogens (tertiary/aromatic N) is 2. The highest BCUT2D eigenvalue weighted by Gasteiger charge is 2.28. The second-order valence-corrected chi connectivity index (χ2v) is 4.91. The van der Waals surface area contributed by atoms with Crippen LogP contribution in [0, 0.1) is 6.92 Å². The number of nitrogens with two attached hydrogens (primary N) is 1. The van der Waals surface area contributed by atoms with Gasteiger partial charge in [-0.25, -0.2) is 0 Å². The van der Waals surface area contributed by atoms with Crippen LogP contribution >= 0.6 is 0 Å². The highest BCUT2D eigenvalue weighted by Crippen LogP contribution is 2.26. The number of aromatic nitrogens is 1. The second-order valence-electron chi connectivity index (χ2n) is 4.91. The Balaban J connectivity index is 2.11. The predicted molar refractivity (Wildman–Crippen MR) is 71.3 cm³/mol. The topological polar surface area (TPSA) is 59.2 Å². The molecule has 1 fully saturated rings. The Bertz CT molecular complexity index is 415. The monoisotopic (exact) mass is 247 g/mol. The molecule has 2 N–H and O–H groups in total. The summed E-state index contributed by atoms with van der Waals surface area (Å²) in [5, 5.41) is 0. The van der Waals surface area contributed by atoms with Crippen LogP contribution < -0.4 is 5.73 Å². The molecule has 0 saturated heterocycles. The Hall–Kier alpha value is -1.42. The van der Waals surface area contributed by atoms with Crippen LogP contribution in [0.3, 0.4) is 0 Å². The van der Waals surface area contributed by atoms with Crippen LogP contribution in [-0.4, -0.2) is 34.9 Å². The van der Waals surface area contributed by atoms with E-state index >= 15 is 0 Å².